The molecule has 0 N–H and O–H groups in total. The van der Waals surface area contributed by atoms with Gasteiger partial charge < -0.3 is 14.5 Å². The van der Waals surface area contributed by atoms with Crippen LogP contribution in [0.5, 0.6) is 0 Å². The third-order valence-electron chi connectivity index (χ3n) is 4.91. The monoisotopic (exact) mass is 358 g/mol. The van der Waals surface area contributed by atoms with Crippen molar-refractivity contribution < 1.29 is 9.53 Å². The molecule has 0 radical (unpaired) electrons. The molecule has 2 aromatic heterocycles. The van der Waals surface area contributed by atoms with E-state index in [1.807, 2.05) is 17.2 Å². The highest BCUT2D eigenvalue weighted by Gasteiger charge is 2.25. The summed E-state index contributed by atoms with van der Waals surface area (Å²) in [4.78, 5) is 28.0. The maximum Gasteiger partial charge on any atom is 0.264 e. The summed E-state index contributed by atoms with van der Waals surface area (Å²) >= 11 is 1.59. The molecule has 25 heavy (non-hydrogen) atoms. The summed E-state index contributed by atoms with van der Waals surface area (Å²) in [5.41, 5.74) is 3.38. The Hall–Kier alpha value is -1.99. The molecular weight excluding hydrogens is 336 g/mol. The minimum Gasteiger partial charge on any atom is -0.376 e. The molecule has 1 amide bonds. The predicted molar refractivity (Wildman–Crippen MR) is 97.3 cm³/mol. The highest BCUT2D eigenvalue weighted by molar-refractivity contribution is 7.14. The van der Waals surface area contributed by atoms with Gasteiger partial charge in [0, 0.05) is 49.2 Å². The molecule has 0 aliphatic carbocycles. The summed E-state index contributed by atoms with van der Waals surface area (Å²) < 4.78 is 5.44. The van der Waals surface area contributed by atoms with Gasteiger partial charge in [-0.1, -0.05) is 0 Å². The minimum atomic E-state index is 0.143. The zero-order valence-electron chi connectivity index (χ0n) is 14.6. The molecule has 0 atom stereocenters. The Bertz CT molecular complexity index is 777. The summed E-state index contributed by atoms with van der Waals surface area (Å²) in [5, 5.41) is 0. The molecule has 2 aromatic rings. The summed E-state index contributed by atoms with van der Waals surface area (Å²) in [6.07, 6.45) is 2.73. The molecule has 0 aromatic carbocycles. The van der Waals surface area contributed by atoms with Crippen LogP contribution in [-0.2, 0) is 17.8 Å². The number of carbonyl (C=O) groups is 1. The number of fused-ring (bicyclic) bond motifs is 1. The quantitative estimate of drug-likeness (QED) is 0.824. The maximum absolute atomic E-state index is 12.7. The highest BCUT2D eigenvalue weighted by atomic mass is 32.1. The number of hydrogen-bond acceptors (Lipinski definition) is 6. The van der Waals surface area contributed by atoms with E-state index in [1.54, 1.807) is 11.3 Å². The van der Waals surface area contributed by atoms with Gasteiger partial charge >= 0.3 is 0 Å². The lowest BCUT2D eigenvalue weighted by Crippen LogP contribution is -2.49. The number of ether oxygens (including phenoxy) is 1. The molecule has 2 aliphatic rings. The fraction of sp³-hybridized carbons (Fsp3) is 0.500. The molecule has 0 saturated carbocycles. The summed E-state index contributed by atoms with van der Waals surface area (Å²) in [6.45, 7) is 8.40. The van der Waals surface area contributed by atoms with E-state index in [2.05, 4.69) is 23.7 Å². The molecule has 4 heterocycles. The smallest absolute Gasteiger partial charge is 0.264 e. The van der Waals surface area contributed by atoms with E-state index in [4.69, 9.17) is 9.72 Å². The van der Waals surface area contributed by atoms with Gasteiger partial charge in [-0.25, -0.2) is 9.97 Å². The fourth-order valence-electron chi connectivity index (χ4n) is 3.22. The third kappa shape index (κ3) is 3.26. The first-order chi connectivity index (χ1) is 12.1. The predicted octanol–water partition coefficient (Wildman–Crippen LogP) is 2.19. The van der Waals surface area contributed by atoms with Gasteiger partial charge in [0.2, 0.25) is 5.95 Å². The van der Waals surface area contributed by atoms with E-state index in [9.17, 15) is 4.79 Å². The van der Waals surface area contributed by atoms with Gasteiger partial charge in [-0.3, -0.25) is 4.79 Å². The van der Waals surface area contributed by atoms with Crippen molar-refractivity contribution in [2.75, 3.05) is 37.7 Å². The number of anilines is 1. The molecule has 132 valence electrons. The van der Waals surface area contributed by atoms with Crippen molar-refractivity contribution in [3.8, 4) is 0 Å². The average Bonchev–Trinajstić information content (AvgIpc) is 2.99. The Kier molecular flexibility index (Phi) is 4.43. The van der Waals surface area contributed by atoms with E-state index < -0.39 is 0 Å². The van der Waals surface area contributed by atoms with Crippen LogP contribution in [0, 0.1) is 13.8 Å². The van der Waals surface area contributed by atoms with Gasteiger partial charge in [-0.2, -0.15) is 0 Å². The fourth-order valence-corrected chi connectivity index (χ4v) is 4.22. The zero-order chi connectivity index (χ0) is 17.4. The normalized spacial score (nSPS) is 17.5. The van der Waals surface area contributed by atoms with Gasteiger partial charge in [0.15, 0.2) is 0 Å². The van der Waals surface area contributed by atoms with E-state index in [0.29, 0.717) is 19.7 Å². The van der Waals surface area contributed by atoms with Gasteiger partial charge in [0.25, 0.3) is 5.91 Å². The Morgan fingerprint density at radius 1 is 1.24 bits per heavy atom. The number of aryl methyl sites for hydroxylation is 2. The molecule has 0 bridgehead atoms. The van der Waals surface area contributed by atoms with E-state index in [1.165, 1.54) is 10.4 Å². The number of carbonyl (C=O) groups excluding carboxylic acids is 1. The SMILES string of the molecule is Cc1cc(C(=O)N2CCN(c3ncc4c(n3)CCOC4)CC2)sc1C. The maximum atomic E-state index is 12.7. The average molecular weight is 358 g/mol. The van der Waals surface area contributed by atoms with Crippen LogP contribution >= 0.6 is 11.3 Å². The van der Waals surface area contributed by atoms with Gasteiger partial charge in [-0.15, -0.1) is 11.3 Å². The van der Waals surface area contributed by atoms with Gasteiger partial charge in [-0.05, 0) is 25.5 Å². The first-order valence-electron chi connectivity index (χ1n) is 8.65. The largest absolute Gasteiger partial charge is 0.376 e. The summed E-state index contributed by atoms with van der Waals surface area (Å²) in [5.74, 6) is 0.917. The number of amides is 1. The zero-order valence-corrected chi connectivity index (χ0v) is 15.4. The lowest BCUT2D eigenvalue weighted by atomic mass is 10.1. The molecule has 4 rings (SSSR count). The van der Waals surface area contributed by atoms with Crippen molar-refractivity contribution in [1.82, 2.24) is 14.9 Å². The molecule has 1 fully saturated rings. The first-order valence-corrected chi connectivity index (χ1v) is 9.47. The van der Waals surface area contributed by atoms with Crippen molar-refractivity contribution in [2.45, 2.75) is 26.9 Å². The van der Waals surface area contributed by atoms with Crippen LogP contribution in [-0.4, -0.2) is 53.6 Å². The van der Waals surface area contributed by atoms with Crippen LogP contribution in [0.25, 0.3) is 0 Å². The second-order valence-corrected chi connectivity index (χ2v) is 7.83. The lowest BCUT2D eigenvalue weighted by Gasteiger charge is -2.34. The van der Waals surface area contributed by atoms with E-state index >= 15 is 0 Å². The molecule has 0 unspecified atom stereocenters. The Morgan fingerprint density at radius 3 is 2.76 bits per heavy atom. The molecule has 6 nitrogen and oxygen atoms in total. The highest BCUT2D eigenvalue weighted by Crippen LogP contribution is 2.23. The number of hydrogen-bond donors (Lipinski definition) is 0. The topological polar surface area (TPSA) is 58.6 Å². The van der Waals surface area contributed by atoms with Crippen molar-refractivity contribution in [3.63, 3.8) is 0 Å². The van der Waals surface area contributed by atoms with E-state index in [-0.39, 0.29) is 5.91 Å². The Morgan fingerprint density at radius 2 is 2.04 bits per heavy atom. The van der Waals surface area contributed by atoms with Crippen LogP contribution < -0.4 is 4.90 Å². The Balaban J connectivity index is 1.42. The van der Waals surface area contributed by atoms with Crippen LogP contribution in [0.3, 0.4) is 0 Å². The van der Waals surface area contributed by atoms with Crippen molar-refractivity contribution >= 4 is 23.2 Å². The number of rotatable bonds is 2. The van der Waals surface area contributed by atoms with Gasteiger partial charge in [0.05, 0.1) is 23.8 Å². The van der Waals surface area contributed by atoms with Crippen molar-refractivity contribution in [2.24, 2.45) is 0 Å². The molecule has 1 saturated heterocycles. The van der Waals surface area contributed by atoms with Crippen LogP contribution in [0.15, 0.2) is 12.3 Å². The summed E-state index contributed by atoms with van der Waals surface area (Å²) in [6, 6.07) is 2.00. The molecule has 2 aliphatic heterocycles. The molecule has 7 heteroatoms. The minimum absolute atomic E-state index is 0.143. The second-order valence-electron chi connectivity index (χ2n) is 6.57. The van der Waals surface area contributed by atoms with Crippen molar-refractivity contribution in [3.05, 3.63) is 38.8 Å². The number of aromatic nitrogens is 2. The van der Waals surface area contributed by atoms with Crippen LogP contribution in [0.1, 0.15) is 31.4 Å². The third-order valence-corrected chi connectivity index (χ3v) is 6.05. The first kappa shape index (κ1) is 16.5. The standard InChI is InChI=1S/C18H22N4O2S/c1-12-9-16(25-13(12)2)17(23)21-4-6-22(7-5-21)18-19-10-14-11-24-8-3-15(14)20-18/h9-10H,3-8,11H2,1-2H3. The van der Waals surface area contributed by atoms with Crippen LogP contribution in [0.4, 0.5) is 5.95 Å². The lowest BCUT2D eigenvalue weighted by molar-refractivity contribution is 0.0751. The molecular formula is C18H22N4O2S. The van der Waals surface area contributed by atoms with Crippen molar-refractivity contribution in [1.29, 1.82) is 0 Å². The van der Waals surface area contributed by atoms with Gasteiger partial charge in [0.1, 0.15) is 0 Å². The van der Waals surface area contributed by atoms with Crippen LogP contribution in [0.2, 0.25) is 0 Å². The Labute approximate surface area is 151 Å². The number of piperazine rings is 1. The number of nitrogens with zero attached hydrogens (tertiary/aromatic N) is 4. The van der Waals surface area contributed by atoms with E-state index in [0.717, 1.165) is 48.2 Å². The summed E-state index contributed by atoms with van der Waals surface area (Å²) in [7, 11) is 0. The number of thiophene rings is 1. The molecule has 0 spiro atoms. The second kappa shape index (κ2) is 6.72.